The van der Waals surface area contributed by atoms with E-state index in [4.69, 9.17) is 0 Å². The molecule has 0 unspecified atom stereocenters. The first-order valence-electron chi connectivity index (χ1n) is 11.4. The highest BCUT2D eigenvalue weighted by Crippen LogP contribution is 2.36. The van der Waals surface area contributed by atoms with E-state index in [2.05, 4.69) is 9.71 Å². The Labute approximate surface area is 211 Å². The van der Waals surface area contributed by atoms with Gasteiger partial charge < -0.3 is 10.2 Å². The van der Waals surface area contributed by atoms with Crippen LogP contribution in [-0.4, -0.2) is 20.2 Å². The zero-order valence-electron chi connectivity index (χ0n) is 19.9. The van der Waals surface area contributed by atoms with Gasteiger partial charge in [-0.1, -0.05) is 25.1 Å². The van der Waals surface area contributed by atoms with Crippen LogP contribution in [0.1, 0.15) is 46.8 Å². The highest BCUT2D eigenvalue weighted by Gasteiger charge is 2.33. The Balaban J connectivity index is 1.68. The van der Waals surface area contributed by atoms with Gasteiger partial charge in [0.05, 0.1) is 11.3 Å². The van der Waals surface area contributed by atoms with Gasteiger partial charge in [-0.3, -0.25) is 4.79 Å². The summed E-state index contributed by atoms with van der Waals surface area (Å²) in [5, 5.41) is 2.47. The number of sulfonamides is 1. The lowest BCUT2D eigenvalue weighted by atomic mass is 10.0. The number of halogens is 4. The van der Waals surface area contributed by atoms with Crippen molar-refractivity contribution >= 4 is 33.1 Å². The molecule has 0 radical (unpaired) electrons. The predicted molar refractivity (Wildman–Crippen MR) is 133 cm³/mol. The van der Waals surface area contributed by atoms with Gasteiger partial charge in [0.15, 0.2) is 0 Å². The summed E-state index contributed by atoms with van der Waals surface area (Å²) in [5.41, 5.74) is -0.0338. The van der Waals surface area contributed by atoms with Gasteiger partial charge in [-0.05, 0) is 66.9 Å². The van der Waals surface area contributed by atoms with Crippen molar-refractivity contribution < 1.29 is 30.8 Å². The Morgan fingerprint density at radius 2 is 1.73 bits per heavy atom. The minimum atomic E-state index is -4.62. The molecular weight excluding hydrogens is 510 g/mol. The fourth-order valence-corrected chi connectivity index (χ4v) is 5.31. The molecule has 0 bridgehead atoms. The molecule has 4 rings (SSSR count). The summed E-state index contributed by atoms with van der Waals surface area (Å²) >= 11 is 0. The molecule has 194 valence electrons. The third-order valence-corrected chi connectivity index (χ3v) is 7.19. The minimum absolute atomic E-state index is 0.0223. The number of amides is 1. The number of hydrogen-bond acceptors (Lipinski definition) is 4. The number of carbonyl (C=O) groups is 1. The van der Waals surface area contributed by atoms with Gasteiger partial charge >= 0.3 is 6.18 Å². The van der Waals surface area contributed by atoms with Crippen molar-refractivity contribution in [2.45, 2.75) is 44.3 Å². The molecular formula is C26H23F4N3O3S. The Hall–Kier alpha value is -3.73. The highest BCUT2D eigenvalue weighted by molar-refractivity contribution is 7.90. The number of nitrogens with zero attached hydrogens (tertiary/aromatic N) is 2. The van der Waals surface area contributed by atoms with Gasteiger partial charge in [-0.2, -0.15) is 21.6 Å². The number of benzene rings is 3. The molecule has 0 saturated heterocycles. The van der Waals surface area contributed by atoms with Crippen molar-refractivity contribution in [1.82, 2.24) is 0 Å². The number of carbonyl (C=O) groups excluding carboxylic acids is 1. The Morgan fingerprint density at radius 3 is 2.38 bits per heavy atom. The van der Waals surface area contributed by atoms with Gasteiger partial charge in [0.1, 0.15) is 16.5 Å². The highest BCUT2D eigenvalue weighted by atomic mass is 32.2. The van der Waals surface area contributed by atoms with Crippen LogP contribution in [0.2, 0.25) is 0 Å². The zero-order chi connectivity index (χ0) is 27.0. The van der Waals surface area contributed by atoms with Crippen molar-refractivity contribution in [3.8, 4) is 0 Å². The molecule has 1 N–H and O–H groups in total. The van der Waals surface area contributed by atoms with Gasteiger partial charge in [0, 0.05) is 24.2 Å². The average molecular weight is 534 g/mol. The van der Waals surface area contributed by atoms with E-state index in [1.54, 1.807) is 17.0 Å². The van der Waals surface area contributed by atoms with Crippen LogP contribution in [0.5, 0.6) is 0 Å². The van der Waals surface area contributed by atoms with E-state index in [9.17, 15) is 30.8 Å². The number of anilines is 2. The molecule has 0 aromatic heterocycles. The molecule has 0 atom stereocenters. The van der Waals surface area contributed by atoms with E-state index in [1.807, 2.05) is 6.92 Å². The first-order valence-corrected chi connectivity index (χ1v) is 12.8. The molecule has 3 aromatic rings. The number of nitrogens with one attached hydrogen (secondary N) is 1. The molecule has 37 heavy (non-hydrogen) atoms. The minimum Gasteiger partial charge on any atom is -0.323 e. The maximum Gasteiger partial charge on any atom is 0.416 e. The molecule has 0 aliphatic carbocycles. The van der Waals surface area contributed by atoms with Crippen LogP contribution >= 0.6 is 0 Å². The van der Waals surface area contributed by atoms with Crippen LogP contribution in [0.4, 0.5) is 28.9 Å². The summed E-state index contributed by atoms with van der Waals surface area (Å²) in [6.07, 6.45) is -3.61. The van der Waals surface area contributed by atoms with Gasteiger partial charge in [-0.15, -0.1) is 4.40 Å². The van der Waals surface area contributed by atoms with Gasteiger partial charge in [0.2, 0.25) is 0 Å². The van der Waals surface area contributed by atoms with Gasteiger partial charge in [-0.25, -0.2) is 4.39 Å². The Kier molecular flexibility index (Phi) is 7.09. The topological polar surface area (TPSA) is 78.8 Å². The third-order valence-electron chi connectivity index (χ3n) is 5.86. The summed E-state index contributed by atoms with van der Waals surface area (Å²) in [4.78, 5) is 14.3. The third kappa shape index (κ3) is 5.66. The number of fused-ring (bicyclic) bond motifs is 1. The molecule has 3 aromatic carbocycles. The molecule has 1 aliphatic rings. The number of aryl methyl sites for hydroxylation is 1. The molecule has 0 saturated carbocycles. The van der Waals surface area contributed by atoms with Crippen LogP contribution in [0.3, 0.4) is 0 Å². The lowest BCUT2D eigenvalue weighted by Crippen LogP contribution is -2.35. The van der Waals surface area contributed by atoms with Crippen LogP contribution < -0.4 is 10.2 Å². The summed E-state index contributed by atoms with van der Waals surface area (Å²) in [7, 11) is -4.11. The smallest absolute Gasteiger partial charge is 0.323 e. The lowest BCUT2D eigenvalue weighted by Gasteiger charge is -2.31. The second-order valence-corrected chi connectivity index (χ2v) is 10.2. The number of amidine groups is 1. The van der Waals surface area contributed by atoms with Crippen LogP contribution in [0.25, 0.3) is 0 Å². The summed E-state index contributed by atoms with van der Waals surface area (Å²) < 4.78 is 83.1. The van der Waals surface area contributed by atoms with Crippen molar-refractivity contribution in [2.75, 3.05) is 10.2 Å². The molecule has 1 aliphatic heterocycles. The first-order chi connectivity index (χ1) is 17.4. The first kappa shape index (κ1) is 26.3. The maximum absolute atomic E-state index is 13.4. The summed E-state index contributed by atoms with van der Waals surface area (Å²) in [5.74, 6) is -0.892. The van der Waals surface area contributed by atoms with Crippen molar-refractivity contribution in [2.24, 2.45) is 4.40 Å². The number of alkyl halides is 3. The van der Waals surface area contributed by atoms with Crippen LogP contribution in [-0.2, 0) is 22.7 Å². The summed E-state index contributed by atoms with van der Waals surface area (Å²) in [6, 6.07) is 13.2. The van der Waals surface area contributed by atoms with Crippen molar-refractivity contribution in [3.05, 3.63) is 88.7 Å². The molecule has 1 amide bonds. The quantitative estimate of drug-likeness (QED) is 0.377. The number of hydrogen-bond donors (Lipinski definition) is 1. The molecule has 6 nitrogen and oxygen atoms in total. The van der Waals surface area contributed by atoms with E-state index in [0.29, 0.717) is 24.4 Å². The van der Waals surface area contributed by atoms with Crippen molar-refractivity contribution in [1.29, 1.82) is 0 Å². The van der Waals surface area contributed by atoms with E-state index >= 15 is 0 Å². The SMILES string of the molecule is CCCC1=NS(=O)(=O)c2cc(NC(=O)c3ccc(C)c(C(F)(F)F)c3)ccc2N1Cc1ccc(F)cc1. The standard InChI is InChI=1S/C26H23F4N3O3S/c1-3-4-24-32-37(35,36)23-14-20(11-12-22(23)33(24)15-17-6-9-19(27)10-7-17)31-25(34)18-8-5-16(2)21(13-18)26(28,29)30/h5-14H,3-4,15H2,1-2H3,(H,31,34). The fourth-order valence-electron chi connectivity index (χ4n) is 4.02. The van der Waals surface area contributed by atoms with E-state index < -0.39 is 33.5 Å². The van der Waals surface area contributed by atoms with Crippen LogP contribution in [0, 0.1) is 12.7 Å². The maximum atomic E-state index is 13.4. The average Bonchev–Trinajstić information content (AvgIpc) is 2.82. The summed E-state index contributed by atoms with van der Waals surface area (Å²) in [6.45, 7) is 3.41. The number of rotatable bonds is 6. The Bertz CT molecular complexity index is 1480. The molecule has 1 heterocycles. The monoisotopic (exact) mass is 533 g/mol. The van der Waals surface area contributed by atoms with E-state index in [-0.39, 0.29) is 28.3 Å². The van der Waals surface area contributed by atoms with Gasteiger partial charge in [0.25, 0.3) is 15.9 Å². The van der Waals surface area contributed by atoms with Crippen molar-refractivity contribution in [3.63, 3.8) is 0 Å². The predicted octanol–water partition coefficient (Wildman–Crippen LogP) is 6.31. The second kappa shape index (κ2) is 9.97. The zero-order valence-corrected chi connectivity index (χ0v) is 20.8. The van der Waals surface area contributed by atoms with E-state index in [0.717, 1.165) is 11.6 Å². The normalized spacial score (nSPS) is 14.6. The lowest BCUT2D eigenvalue weighted by molar-refractivity contribution is -0.138. The molecule has 0 fully saturated rings. The second-order valence-electron chi connectivity index (χ2n) is 8.61. The molecule has 11 heteroatoms. The van der Waals surface area contributed by atoms with E-state index in [1.165, 1.54) is 49.4 Å². The Morgan fingerprint density at radius 1 is 1.03 bits per heavy atom. The largest absolute Gasteiger partial charge is 0.416 e. The fraction of sp³-hybridized carbons (Fsp3) is 0.231. The molecule has 0 spiro atoms. The van der Waals surface area contributed by atoms with Crippen LogP contribution in [0.15, 0.2) is 70.0 Å².